The fourth-order valence-electron chi connectivity index (χ4n) is 9.65. The van der Waals surface area contributed by atoms with E-state index in [1.54, 1.807) is 11.0 Å². The Balaban J connectivity index is 1.39. The Kier molecular flexibility index (Phi) is 15.3. The first-order valence-electron chi connectivity index (χ1n) is 22.2. The second-order valence-corrected chi connectivity index (χ2v) is 16.7. The van der Waals surface area contributed by atoms with Gasteiger partial charge in [-0.3, -0.25) is 19.9 Å². The van der Waals surface area contributed by atoms with Gasteiger partial charge in [0.2, 0.25) is 12.1 Å². The van der Waals surface area contributed by atoms with Gasteiger partial charge in [-0.05, 0) is 92.7 Å². The monoisotopic (exact) mass is 846 g/mol. The second kappa shape index (κ2) is 21.0. The van der Waals surface area contributed by atoms with E-state index >= 15 is 0 Å². The summed E-state index contributed by atoms with van der Waals surface area (Å²) in [6.45, 7) is 10.7. The molecule has 1 amide bonds. The number of nitro groups is 1. The Morgan fingerprint density at radius 2 is 1.85 bits per heavy atom. The number of allylic oxidation sites excluding steroid dienone is 1. The van der Waals surface area contributed by atoms with Gasteiger partial charge in [-0.25, -0.2) is 4.79 Å². The lowest BCUT2D eigenvalue weighted by molar-refractivity contribution is -0.384. The van der Waals surface area contributed by atoms with Gasteiger partial charge in [0.25, 0.3) is 5.69 Å². The SMILES string of the molecule is C=CCOC12Oc3ccc(OCCN4CC4)cc3C3C(CCCCO)C(CCCCO)C=C(C(=NOC4CCCCO4)CC1N(CCC)C(=O)Oc1ccc([N+](=O)[O-])cc1)C32. The third-order valence-corrected chi connectivity index (χ3v) is 12.6. The minimum atomic E-state index is -1.46. The highest BCUT2D eigenvalue weighted by molar-refractivity contribution is 6.03. The third kappa shape index (κ3) is 10.4. The first-order chi connectivity index (χ1) is 29.8. The Morgan fingerprint density at radius 3 is 2.54 bits per heavy atom. The molecule has 0 spiro atoms. The Hall–Kier alpha value is -4.54. The molecule has 0 bridgehead atoms. The van der Waals surface area contributed by atoms with Gasteiger partial charge in [-0.1, -0.05) is 37.1 Å². The molecule has 2 aromatic rings. The number of benzene rings is 2. The predicted octanol–water partition coefficient (Wildman–Crippen LogP) is 7.36. The van der Waals surface area contributed by atoms with Crippen molar-refractivity contribution in [3.63, 3.8) is 0 Å². The van der Waals surface area contributed by atoms with Crippen LogP contribution in [0.25, 0.3) is 0 Å². The number of ether oxygens (including phenoxy) is 5. The number of hydrogen-bond donors (Lipinski definition) is 2. The van der Waals surface area contributed by atoms with Crippen molar-refractivity contribution in [1.82, 2.24) is 9.80 Å². The molecule has 0 aromatic heterocycles. The van der Waals surface area contributed by atoms with E-state index in [-0.39, 0.29) is 62.0 Å². The van der Waals surface area contributed by atoms with Gasteiger partial charge in [0.15, 0.2) is 0 Å². The maximum absolute atomic E-state index is 14.6. The summed E-state index contributed by atoms with van der Waals surface area (Å²) in [5, 5.41) is 36.2. The van der Waals surface area contributed by atoms with Crippen LogP contribution in [0.1, 0.15) is 89.0 Å². The molecule has 3 aliphatic heterocycles. The lowest BCUT2D eigenvalue weighted by Gasteiger charge is -2.59. The molecule has 61 heavy (non-hydrogen) atoms. The summed E-state index contributed by atoms with van der Waals surface area (Å²) in [6, 6.07) is 10.6. The van der Waals surface area contributed by atoms with Crippen LogP contribution in [0.15, 0.2) is 71.9 Å². The van der Waals surface area contributed by atoms with Gasteiger partial charge < -0.3 is 38.7 Å². The second-order valence-electron chi connectivity index (χ2n) is 16.7. The maximum Gasteiger partial charge on any atom is 0.415 e. The van der Waals surface area contributed by atoms with Crippen molar-refractivity contribution >= 4 is 17.5 Å². The summed E-state index contributed by atoms with van der Waals surface area (Å²) in [4.78, 5) is 35.7. The highest BCUT2D eigenvalue weighted by atomic mass is 16.8. The van der Waals surface area contributed by atoms with E-state index in [1.165, 1.54) is 24.3 Å². The number of oxime groups is 1. The van der Waals surface area contributed by atoms with Crippen LogP contribution < -0.4 is 14.2 Å². The number of hydrogen-bond acceptors (Lipinski definition) is 13. The number of aliphatic hydroxyl groups excluding tert-OH is 2. The number of amides is 1. The van der Waals surface area contributed by atoms with Crippen LogP contribution >= 0.6 is 0 Å². The van der Waals surface area contributed by atoms with E-state index in [0.717, 1.165) is 75.0 Å². The summed E-state index contributed by atoms with van der Waals surface area (Å²) in [6.07, 6.45) is 10.8. The Bertz CT molecular complexity index is 1860. The number of unbranched alkanes of at least 4 members (excludes halogenated alkanes) is 2. The van der Waals surface area contributed by atoms with Crippen molar-refractivity contribution in [3.05, 3.63) is 82.4 Å². The Morgan fingerprint density at radius 1 is 1.08 bits per heavy atom. The fourth-order valence-corrected chi connectivity index (χ4v) is 9.65. The van der Waals surface area contributed by atoms with Gasteiger partial charge in [-0.15, -0.1) is 6.58 Å². The minimum absolute atomic E-state index is 0.0513. The number of carbonyl (C=O) groups is 1. The third-order valence-electron chi connectivity index (χ3n) is 12.6. The predicted molar refractivity (Wildman–Crippen MR) is 228 cm³/mol. The molecule has 3 fully saturated rings. The summed E-state index contributed by atoms with van der Waals surface area (Å²) >= 11 is 0. The maximum atomic E-state index is 14.6. The number of fused-ring (bicyclic) bond motifs is 2. The lowest BCUT2D eigenvalue weighted by Crippen LogP contribution is -2.70. The molecule has 5 aliphatic rings. The number of carbonyl (C=O) groups excluding carboxylic acids is 1. The van der Waals surface area contributed by atoms with Crippen LogP contribution in [0, 0.1) is 27.9 Å². The zero-order valence-corrected chi connectivity index (χ0v) is 35.4. The van der Waals surface area contributed by atoms with Crippen molar-refractivity contribution in [3.8, 4) is 17.2 Å². The molecule has 15 heteroatoms. The zero-order chi connectivity index (χ0) is 42.8. The molecule has 7 rings (SSSR count). The van der Waals surface area contributed by atoms with Gasteiger partial charge in [0.05, 0.1) is 29.8 Å². The van der Waals surface area contributed by atoms with Crippen LogP contribution in [0.5, 0.6) is 17.2 Å². The molecule has 2 saturated heterocycles. The molecular formula is C46H62N4O11. The first-order valence-corrected chi connectivity index (χ1v) is 22.2. The molecular weight excluding hydrogens is 785 g/mol. The summed E-state index contributed by atoms with van der Waals surface area (Å²) in [5.41, 5.74) is 2.44. The van der Waals surface area contributed by atoms with Crippen LogP contribution in [0.4, 0.5) is 10.5 Å². The molecule has 2 aromatic carbocycles. The quantitative estimate of drug-likeness (QED) is 0.0397. The number of aliphatic hydroxyl groups is 2. The van der Waals surface area contributed by atoms with E-state index < -0.39 is 35.1 Å². The van der Waals surface area contributed by atoms with Crippen molar-refractivity contribution in [1.29, 1.82) is 0 Å². The number of rotatable bonds is 22. The number of non-ortho nitro benzene ring substituents is 1. The molecule has 1 saturated carbocycles. The highest BCUT2D eigenvalue weighted by Crippen LogP contribution is 2.62. The summed E-state index contributed by atoms with van der Waals surface area (Å²) in [7, 11) is 0. The molecule has 7 atom stereocenters. The normalized spacial score (nSPS) is 27.2. The van der Waals surface area contributed by atoms with E-state index in [2.05, 4.69) is 23.6 Å². The summed E-state index contributed by atoms with van der Waals surface area (Å²) in [5.74, 6) is -0.524. The van der Waals surface area contributed by atoms with Crippen molar-refractivity contribution in [2.24, 2.45) is 22.9 Å². The molecule has 3 heterocycles. The zero-order valence-electron chi connectivity index (χ0n) is 35.4. The molecule has 0 radical (unpaired) electrons. The average molecular weight is 847 g/mol. The standard InChI is InChI=1S/C46H62N4O11/c1-3-20-49(45(53)59-34-16-14-33(15-17-34)50(54)55)41-31-39(47-61-42-13-7-10-27-57-42)37-29-32(11-5-8-24-51)36(12-6-9-25-52)43-38-30-35(56-28-23-48-21-22-48)18-19-40(38)60-46(41,44(37)43)58-26-4-2/h4,14-19,29-30,32,36,41-44,51-52H,2-3,5-13,20-28,31H2,1H3. The first kappa shape index (κ1) is 44.5. The van der Waals surface area contributed by atoms with Crippen molar-refractivity contribution < 1.29 is 48.5 Å². The molecule has 332 valence electrons. The van der Waals surface area contributed by atoms with E-state index in [1.807, 2.05) is 19.1 Å². The van der Waals surface area contributed by atoms with Crippen LogP contribution in [0.3, 0.4) is 0 Å². The number of nitro benzene ring substituents is 1. The lowest BCUT2D eigenvalue weighted by atomic mass is 9.55. The van der Waals surface area contributed by atoms with Crippen LogP contribution in [0.2, 0.25) is 0 Å². The van der Waals surface area contributed by atoms with Gasteiger partial charge in [0, 0.05) is 75.8 Å². The smallest absolute Gasteiger partial charge is 0.415 e. The molecule has 2 aliphatic carbocycles. The van der Waals surface area contributed by atoms with Crippen LogP contribution in [-0.4, -0.2) is 114 Å². The highest BCUT2D eigenvalue weighted by Gasteiger charge is 2.65. The molecule has 7 unspecified atom stereocenters. The van der Waals surface area contributed by atoms with Crippen molar-refractivity contribution in [2.75, 3.05) is 59.2 Å². The van der Waals surface area contributed by atoms with Crippen LogP contribution in [-0.2, 0) is 14.3 Å². The minimum Gasteiger partial charge on any atom is -0.492 e. The number of nitrogens with zero attached hydrogens (tertiary/aromatic N) is 4. The Labute approximate surface area is 358 Å². The van der Waals surface area contributed by atoms with E-state index in [0.29, 0.717) is 50.4 Å². The van der Waals surface area contributed by atoms with Crippen molar-refractivity contribution in [2.45, 2.75) is 102 Å². The largest absolute Gasteiger partial charge is 0.492 e. The average Bonchev–Trinajstić information content (AvgIpc) is 4.10. The molecule has 15 nitrogen and oxygen atoms in total. The van der Waals surface area contributed by atoms with Gasteiger partial charge in [-0.2, -0.15) is 0 Å². The molecule has 2 N–H and O–H groups in total. The summed E-state index contributed by atoms with van der Waals surface area (Å²) < 4.78 is 32.7. The van der Waals surface area contributed by atoms with E-state index in [9.17, 15) is 25.1 Å². The van der Waals surface area contributed by atoms with Gasteiger partial charge >= 0.3 is 6.09 Å². The fraction of sp³-hybridized carbons (Fsp3) is 0.609. The van der Waals surface area contributed by atoms with E-state index in [4.69, 9.17) is 33.7 Å². The van der Waals surface area contributed by atoms with Gasteiger partial charge in [0.1, 0.15) is 29.9 Å². The topological polar surface area (TPSA) is 175 Å².